The molecule has 0 saturated carbocycles. The fourth-order valence-electron chi connectivity index (χ4n) is 2.19. The molecule has 0 spiro atoms. The molecule has 3 nitrogen and oxygen atoms in total. The molecule has 0 aliphatic carbocycles. The molecule has 1 fully saturated rings. The summed E-state index contributed by atoms with van der Waals surface area (Å²) < 4.78 is 56.4. The molecule has 0 N–H and O–H groups in total. The van der Waals surface area contributed by atoms with E-state index in [0.717, 1.165) is 12.1 Å². The fraction of sp³-hybridized carbons (Fsp3) is 0.533. The van der Waals surface area contributed by atoms with Gasteiger partial charge in [-0.1, -0.05) is 6.07 Å². The topological polar surface area (TPSA) is 29.5 Å². The second kappa shape index (κ2) is 5.44. The molecule has 1 aromatic carbocycles. The van der Waals surface area contributed by atoms with Crippen molar-refractivity contribution in [3.8, 4) is 0 Å². The summed E-state index contributed by atoms with van der Waals surface area (Å²) in [7, 11) is 0. The number of rotatable bonds is 1. The van der Waals surface area contributed by atoms with Crippen LogP contribution in [-0.2, 0) is 10.9 Å². The number of amides is 1. The Hall–Kier alpha value is -1.79. The molecular formula is C15H17F4NO2. The van der Waals surface area contributed by atoms with Gasteiger partial charge in [-0.25, -0.2) is 9.18 Å². The van der Waals surface area contributed by atoms with E-state index < -0.39 is 29.3 Å². The van der Waals surface area contributed by atoms with Crippen LogP contribution in [0.5, 0.6) is 0 Å². The van der Waals surface area contributed by atoms with E-state index >= 15 is 0 Å². The van der Waals surface area contributed by atoms with Crippen LogP contribution in [0.1, 0.15) is 37.8 Å². The summed E-state index contributed by atoms with van der Waals surface area (Å²) in [6.07, 6.45) is -5.07. The number of ether oxygens (including phenoxy) is 1. The van der Waals surface area contributed by atoms with E-state index in [9.17, 15) is 22.4 Å². The molecule has 122 valence electrons. The summed E-state index contributed by atoms with van der Waals surface area (Å²) in [5.74, 6) is -1.21. The monoisotopic (exact) mass is 319 g/mol. The van der Waals surface area contributed by atoms with Crippen molar-refractivity contribution in [2.75, 3.05) is 13.1 Å². The first kappa shape index (κ1) is 16.6. The summed E-state index contributed by atoms with van der Waals surface area (Å²) in [5, 5.41) is 0. The zero-order chi connectivity index (χ0) is 16.7. The molecule has 2 rings (SSSR count). The van der Waals surface area contributed by atoms with Crippen molar-refractivity contribution in [2.45, 2.75) is 38.5 Å². The van der Waals surface area contributed by atoms with Crippen molar-refractivity contribution in [1.82, 2.24) is 4.90 Å². The quantitative estimate of drug-likeness (QED) is 0.727. The van der Waals surface area contributed by atoms with Crippen LogP contribution in [0.3, 0.4) is 0 Å². The Labute approximate surface area is 125 Å². The number of hydrogen-bond donors (Lipinski definition) is 0. The maximum atomic E-state index is 13.8. The highest BCUT2D eigenvalue weighted by atomic mass is 19.4. The standard InChI is InChI=1S/C15H17F4NO2/c1-14(2,3)22-13(21)20-7-9(8-20)11-5-4-10(6-12(11)16)15(17,18)19/h4-6,9H,7-8H2,1-3H3. The number of nitrogens with zero attached hydrogens (tertiary/aromatic N) is 1. The Morgan fingerprint density at radius 1 is 1.23 bits per heavy atom. The fourth-order valence-corrected chi connectivity index (χ4v) is 2.19. The number of halogens is 4. The van der Waals surface area contributed by atoms with Gasteiger partial charge < -0.3 is 9.64 Å². The van der Waals surface area contributed by atoms with Gasteiger partial charge in [-0.05, 0) is 38.5 Å². The Kier molecular flexibility index (Phi) is 4.10. The molecule has 0 bridgehead atoms. The third-order valence-electron chi connectivity index (χ3n) is 3.30. The Balaban J connectivity index is 2.01. The van der Waals surface area contributed by atoms with Gasteiger partial charge >= 0.3 is 12.3 Å². The zero-order valence-corrected chi connectivity index (χ0v) is 12.5. The van der Waals surface area contributed by atoms with Crippen LogP contribution in [0.2, 0.25) is 0 Å². The smallest absolute Gasteiger partial charge is 0.416 e. The maximum absolute atomic E-state index is 13.8. The molecule has 1 saturated heterocycles. The first-order valence-corrected chi connectivity index (χ1v) is 6.82. The molecule has 1 aliphatic heterocycles. The van der Waals surface area contributed by atoms with Crippen molar-refractivity contribution < 1.29 is 27.1 Å². The van der Waals surface area contributed by atoms with Crippen LogP contribution in [-0.4, -0.2) is 29.7 Å². The lowest BCUT2D eigenvalue weighted by atomic mass is 9.90. The number of carbonyl (C=O) groups is 1. The van der Waals surface area contributed by atoms with Crippen molar-refractivity contribution in [2.24, 2.45) is 0 Å². The lowest BCUT2D eigenvalue weighted by molar-refractivity contribution is -0.137. The molecule has 0 radical (unpaired) electrons. The average molecular weight is 319 g/mol. The number of benzene rings is 1. The van der Waals surface area contributed by atoms with Gasteiger partial charge in [0.25, 0.3) is 0 Å². The minimum Gasteiger partial charge on any atom is -0.444 e. The first-order chi connectivity index (χ1) is 9.97. The van der Waals surface area contributed by atoms with Gasteiger partial charge in [0.05, 0.1) is 5.56 Å². The van der Waals surface area contributed by atoms with Gasteiger partial charge in [0, 0.05) is 19.0 Å². The second-order valence-corrected chi connectivity index (χ2v) is 6.32. The number of likely N-dealkylation sites (tertiary alicyclic amines) is 1. The molecule has 1 amide bonds. The molecule has 0 unspecified atom stereocenters. The van der Waals surface area contributed by atoms with Crippen LogP contribution in [0.4, 0.5) is 22.4 Å². The first-order valence-electron chi connectivity index (χ1n) is 6.82. The van der Waals surface area contributed by atoms with Crippen molar-refractivity contribution in [3.63, 3.8) is 0 Å². The normalized spacial score (nSPS) is 16.4. The molecular weight excluding hydrogens is 302 g/mol. The summed E-state index contributed by atoms with van der Waals surface area (Å²) in [6.45, 7) is 5.67. The Morgan fingerprint density at radius 3 is 2.27 bits per heavy atom. The van der Waals surface area contributed by atoms with Gasteiger partial charge in [0.15, 0.2) is 0 Å². The highest BCUT2D eigenvalue weighted by Crippen LogP contribution is 2.34. The minimum atomic E-state index is -4.57. The van der Waals surface area contributed by atoms with E-state index in [1.165, 1.54) is 4.90 Å². The Bertz CT molecular complexity index is 572. The van der Waals surface area contributed by atoms with Gasteiger partial charge in [-0.2, -0.15) is 13.2 Å². The number of carbonyl (C=O) groups excluding carboxylic acids is 1. The molecule has 7 heteroatoms. The van der Waals surface area contributed by atoms with E-state index in [2.05, 4.69) is 0 Å². The van der Waals surface area contributed by atoms with Crippen molar-refractivity contribution >= 4 is 6.09 Å². The van der Waals surface area contributed by atoms with Crippen molar-refractivity contribution in [3.05, 3.63) is 35.1 Å². The predicted octanol–water partition coefficient (Wildman–Crippen LogP) is 4.18. The minimum absolute atomic E-state index is 0.188. The molecule has 0 atom stereocenters. The van der Waals surface area contributed by atoms with Gasteiger partial charge in [-0.3, -0.25) is 0 Å². The van der Waals surface area contributed by atoms with Crippen LogP contribution < -0.4 is 0 Å². The summed E-state index contributed by atoms with van der Waals surface area (Å²) in [4.78, 5) is 13.1. The lowest BCUT2D eigenvalue weighted by Gasteiger charge is -2.40. The van der Waals surface area contributed by atoms with E-state index in [1.54, 1.807) is 20.8 Å². The summed E-state index contributed by atoms with van der Waals surface area (Å²) in [5.41, 5.74) is -1.45. The van der Waals surface area contributed by atoms with Crippen molar-refractivity contribution in [1.29, 1.82) is 0 Å². The molecule has 22 heavy (non-hydrogen) atoms. The predicted molar refractivity (Wildman–Crippen MR) is 72.0 cm³/mol. The largest absolute Gasteiger partial charge is 0.444 e. The highest BCUT2D eigenvalue weighted by Gasteiger charge is 2.37. The van der Waals surface area contributed by atoms with E-state index in [-0.39, 0.29) is 24.6 Å². The molecule has 1 heterocycles. The van der Waals surface area contributed by atoms with Crippen LogP contribution in [0.15, 0.2) is 18.2 Å². The van der Waals surface area contributed by atoms with Crippen LogP contribution in [0, 0.1) is 5.82 Å². The average Bonchev–Trinajstić information content (AvgIpc) is 2.25. The zero-order valence-electron chi connectivity index (χ0n) is 12.5. The van der Waals surface area contributed by atoms with E-state index in [4.69, 9.17) is 4.74 Å². The molecule has 1 aromatic rings. The van der Waals surface area contributed by atoms with Gasteiger partial charge in [-0.15, -0.1) is 0 Å². The second-order valence-electron chi connectivity index (χ2n) is 6.32. The third-order valence-corrected chi connectivity index (χ3v) is 3.30. The molecule has 1 aliphatic rings. The van der Waals surface area contributed by atoms with Gasteiger partial charge in [0.2, 0.25) is 0 Å². The van der Waals surface area contributed by atoms with Crippen LogP contribution in [0.25, 0.3) is 0 Å². The molecule has 0 aromatic heterocycles. The lowest BCUT2D eigenvalue weighted by Crippen LogP contribution is -2.50. The SMILES string of the molecule is CC(C)(C)OC(=O)N1CC(c2ccc(C(F)(F)F)cc2F)C1. The maximum Gasteiger partial charge on any atom is 0.416 e. The number of hydrogen-bond acceptors (Lipinski definition) is 2. The third kappa shape index (κ3) is 3.69. The summed E-state index contributed by atoms with van der Waals surface area (Å²) in [6, 6.07) is 2.48. The van der Waals surface area contributed by atoms with E-state index in [0.29, 0.717) is 6.07 Å². The summed E-state index contributed by atoms with van der Waals surface area (Å²) >= 11 is 0. The van der Waals surface area contributed by atoms with E-state index in [1.807, 2.05) is 0 Å². The van der Waals surface area contributed by atoms with Gasteiger partial charge in [0.1, 0.15) is 11.4 Å². The van der Waals surface area contributed by atoms with Crippen LogP contribution >= 0.6 is 0 Å². The Morgan fingerprint density at radius 2 is 1.82 bits per heavy atom. The highest BCUT2D eigenvalue weighted by molar-refractivity contribution is 5.69. The number of alkyl halides is 3.